The van der Waals surface area contributed by atoms with Gasteiger partial charge in [-0.15, -0.1) is 6.58 Å². The van der Waals surface area contributed by atoms with Gasteiger partial charge in [-0.3, -0.25) is 4.79 Å². The van der Waals surface area contributed by atoms with Crippen molar-refractivity contribution >= 4 is 33.2 Å². The maximum Gasteiger partial charge on any atom is 0.323 e. The van der Waals surface area contributed by atoms with Crippen LogP contribution >= 0.6 is 0 Å². The number of hydrogen-bond acceptors (Lipinski definition) is 7. The van der Waals surface area contributed by atoms with Gasteiger partial charge in [-0.1, -0.05) is 30.3 Å². The SMILES string of the molecule is C=CC(c1ccc(NC(=O)Nc2cccc(CN)c2)cc1)S(=O)(=O)C(O)C(C)(O)C(N)=O. The molecule has 11 heteroatoms. The smallest absolute Gasteiger partial charge is 0.323 e. The molecule has 0 fully saturated rings. The molecule has 8 N–H and O–H groups in total. The number of hydrogen-bond donors (Lipinski definition) is 6. The normalized spacial score (nSPS) is 15.1. The van der Waals surface area contributed by atoms with Gasteiger partial charge in [0.1, 0.15) is 5.25 Å². The standard InChI is InChI=1S/C21H26N4O6S/c1-3-17(32(30,31)19(27)21(2,29)18(23)26)14-7-9-15(10-8-14)24-20(28)25-16-6-4-5-13(11-16)12-22/h3-11,17,19,27,29H,1,12,22H2,2H3,(H2,23,26)(H2,24,25,28). The summed E-state index contributed by atoms with van der Waals surface area (Å²) in [5.74, 6) is -1.39. The van der Waals surface area contributed by atoms with Gasteiger partial charge >= 0.3 is 6.03 Å². The van der Waals surface area contributed by atoms with Gasteiger partial charge in [0.2, 0.25) is 0 Å². The first-order valence-electron chi connectivity index (χ1n) is 9.46. The van der Waals surface area contributed by atoms with E-state index in [1.54, 1.807) is 18.2 Å². The Balaban J connectivity index is 2.16. The zero-order valence-corrected chi connectivity index (χ0v) is 18.2. The molecule has 0 aliphatic carbocycles. The number of carbonyl (C=O) groups is 2. The van der Waals surface area contributed by atoms with Gasteiger partial charge in [0.05, 0.1) is 0 Å². The zero-order chi connectivity index (χ0) is 24.1. The molecule has 0 aliphatic rings. The Morgan fingerprint density at radius 3 is 2.28 bits per heavy atom. The summed E-state index contributed by atoms with van der Waals surface area (Å²) in [6.45, 7) is 4.61. The molecule has 10 nitrogen and oxygen atoms in total. The second-order valence-corrected chi connectivity index (χ2v) is 9.35. The Morgan fingerprint density at radius 1 is 1.16 bits per heavy atom. The van der Waals surface area contributed by atoms with E-state index in [0.717, 1.165) is 18.6 Å². The number of aliphatic hydroxyl groups excluding tert-OH is 1. The Morgan fingerprint density at radius 2 is 1.75 bits per heavy atom. The highest BCUT2D eigenvalue weighted by molar-refractivity contribution is 7.92. The van der Waals surface area contributed by atoms with Crippen LogP contribution in [0.25, 0.3) is 0 Å². The Kier molecular flexibility index (Phi) is 7.75. The molecule has 0 radical (unpaired) electrons. The third-order valence-electron chi connectivity index (χ3n) is 4.78. The molecule has 0 aliphatic heterocycles. The van der Waals surface area contributed by atoms with Gasteiger partial charge in [0, 0.05) is 17.9 Å². The van der Waals surface area contributed by atoms with Crippen LogP contribution in [-0.2, 0) is 21.2 Å². The van der Waals surface area contributed by atoms with Crippen molar-refractivity contribution in [3.8, 4) is 0 Å². The van der Waals surface area contributed by atoms with Crippen molar-refractivity contribution in [1.29, 1.82) is 0 Å². The highest BCUT2D eigenvalue weighted by Gasteiger charge is 2.47. The first kappa shape index (κ1) is 25.0. The fourth-order valence-electron chi connectivity index (χ4n) is 2.87. The lowest BCUT2D eigenvalue weighted by molar-refractivity contribution is -0.140. The number of benzene rings is 2. The van der Waals surface area contributed by atoms with E-state index in [2.05, 4.69) is 17.2 Å². The molecular weight excluding hydrogens is 436 g/mol. The summed E-state index contributed by atoms with van der Waals surface area (Å²) in [5, 5.41) is 23.9. The minimum atomic E-state index is -4.51. The monoisotopic (exact) mass is 462 g/mol. The molecule has 32 heavy (non-hydrogen) atoms. The van der Waals surface area contributed by atoms with Gasteiger partial charge in [-0.2, -0.15) is 0 Å². The number of nitrogens with two attached hydrogens (primary N) is 2. The quantitative estimate of drug-likeness (QED) is 0.300. The first-order valence-corrected chi connectivity index (χ1v) is 11.1. The zero-order valence-electron chi connectivity index (χ0n) is 17.4. The Bertz CT molecular complexity index is 1100. The highest BCUT2D eigenvalue weighted by Crippen LogP contribution is 2.31. The predicted octanol–water partition coefficient (Wildman–Crippen LogP) is 0.986. The van der Waals surface area contributed by atoms with Crippen LogP contribution in [-0.4, -0.2) is 41.6 Å². The summed E-state index contributed by atoms with van der Waals surface area (Å²) >= 11 is 0. The van der Waals surface area contributed by atoms with Crippen LogP contribution in [0, 0.1) is 0 Å². The van der Waals surface area contributed by atoms with E-state index in [-0.39, 0.29) is 5.56 Å². The van der Waals surface area contributed by atoms with Gasteiger partial charge in [0.15, 0.2) is 20.9 Å². The van der Waals surface area contributed by atoms with Crippen LogP contribution in [0.15, 0.2) is 61.2 Å². The number of aliphatic hydroxyl groups is 2. The summed E-state index contributed by atoms with van der Waals surface area (Å²) in [6.07, 6.45) is 1.05. The summed E-state index contributed by atoms with van der Waals surface area (Å²) in [7, 11) is -4.51. The van der Waals surface area contributed by atoms with Gasteiger partial charge in [-0.25, -0.2) is 13.2 Å². The molecule has 2 rings (SSSR count). The molecule has 0 aromatic heterocycles. The maximum atomic E-state index is 12.8. The predicted molar refractivity (Wildman–Crippen MR) is 121 cm³/mol. The van der Waals surface area contributed by atoms with E-state index < -0.39 is 38.1 Å². The van der Waals surface area contributed by atoms with Crippen LogP contribution in [0.5, 0.6) is 0 Å². The van der Waals surface area contributed by atoms with E-state index in [4.69, 9.17) is 11.5 Å². The lowest BCUT2D eigenvalue weighted by Crippen LogP contribution is -2.54. The summed E-state index contributed by atoms with van der Waals surface area (Å²) < 4.78 is 25.5. The van der Waals surface area contributed by atoms with Crippen LogP contribution in [0.3, 0.4) is 0 Å². The molecule has 3 amide bonds. The largest absolute Gasteiger partial charge is 0.377 e. The number of anilines is 2. The van der Waals surface area contributed by atoms with Crippen LogP contribution in [0.1, 0.15) is 23.3 Å². The molecule has 3 unspecified atom stereocenters. The maximum absolute atomic E-state index is 12.8. The van der Waals surface area contributed by atoms with Gasteiger partial charge in [-0.05, 0) is 42.3 Å². The van der Waals surface area contributed by atoms with Crippen molar-refractivity contribution < 1.29 is 28.2 Å². The third-order valence-corrected chi connectivity index (χ3v) is 7.03. The van der Waals surface area contributed by atoms with Crippen LogP contribution in [0.4, 0.5) is 16.2 Å². The van der Waals surface area contributed by atoms with Crippen molar-refractivity contribution in [3.05, 3.63) is 72.3 Å². The van der Waals surface area contributed by atoms with Crippen molar-refractivity contribution in [3.63, 3.8) is 0 Å². The van der Waals surface area contributed by atoms with Crippen molar-refractivity contribution in [1.82, 2.24) is 0 Å². The Labute approximate surface area is 185 Å². The molecule has 0 heterocycles. The van der Waals surface area contributed by atoms with E-state index in [0.29, 0.717) is 17.9 Å². The van der Waals surface area contributed by atoms with Crippen molar-refractivity contribution in [2.45, 2.75) is 29.8 Å². The van der Waals surface area contributed by atoms with Crippen molar-refractivity contribution in [2.24, 2.45) is 11.5 Å². The number of sulfone groups is 1. The lowest BCUT2D eigenvalue weighted by Gasteiger charge is -2.28. The molecular formula is C21H26N4O6S. The van der Waals surface area contributed by atoms with Crippen molar-refractivity contribution in [2.75, 3.05) is 10.6 Å². The van der Waals surface area contributed by atoms with E-state index >= 15 is 0 Å². The molecule has 0 bridgehead atoms. The summed E-state index contributed by atoms with van der Waals surface area (Å²) in [6, 6.07) is 12.2. The number of carbonyl (C=O) groups excluding carboxylic acids is 2. The fraction of sp³-hybridized carbons (Fsp3) is 0.238. The molecule has 3 atom stereocenters. The number of rotatable bonds is 9. The van der Waals surface area contributed by atoms with Gasteiger partial charge in [0.25, 0.3) is 5.91 Å². The molecule has 172 valence electrons. The fourth-order valence-corrected chi connectivity index (χ4v) is 4.70. The highest BCUT2D eigenvalue weighted by atomic mass is 32.2. The summed E-state index contributed by atoms with van der Waals surface area (Å²) in [4.78, 5) is 23.5. The van der Waals surface area contributed by atoms with Gasteiger partial charge < -0.3 is 32.3 Å². The van der Waals surface area contributed by atoms with E-state index in [1.807, 2.05) is 6.07 Å². The molecule has 2 aromatic carbocycles. The molecule has 0 spiro atoms. The number of urea groups is 1. The van der Waals surface area contributed by atoms with Crippen LogP contribution < -0.4 is 22.1 Å². The second-order valence-electron chi connectivity index (χ2n) is 7.22. The topological polar surface area (TPSA) is 185 Å². The molecule has 2 aromatic rings. The number of amides is 3. The van der Waals surface area contributed by atoms with E-state index in [1.165, 1.54) is 24.3 Å². The first-order chi connectivity index (χ1) is 14.9. The molecule has 0 saturated heterocycles. The average molecular weight is 463 g/mol. The number of primary amides is 1. The number of nitrogens with one attached hydrogen (secondary N) is 2. The minimum absolute atomic E-state index is 0.195. The second kappa shape index (κ2) is 9.92. The Hall–Kier alpha value is -3.25. The summed E-state index contributed by atoms with van der Waals surface area (Å²) in [5.41, 5.74) is 7.37. The third kappa shape index (κ3) is 5.51. The molecule has 0 saturated carbocycles. The lowest BCUT2D eigenvalue weighted by atomic mass is 10.1. The average Bonchev–Trinajstić information content (AvgIpc) is 2.74. The van der Waals surface area contributed by atoms with E-state index in [9.17, 15) is 28.2 Å². The minimum Gasteiger partial charge on any atom is -0.377 e. The van der Waals surface area contributed by atoms with Crippen LogP contribution in [0.2, 0.25) is 0 Å².